The van der Waals surface area contributed by atoms with Crippen molar-refractivity contribution < 1.29 is 19.1 Å². The van der Waals surface area contributed by atoms with Gasteiger partial charge in [0.05, 0.1) is 13.7 Å². The van der Waals surface area contributed by atoms with Gasteiger partial charge in [-0.1, -0.05) is 6.07 Å². The fraction of sp³-hybridized carbons (Fsp3) is 0.300. The maximum absolute atomic E-state index is 12.3. The molecule has 7 heteroatoms. The Morgan fingerprint density at radius 3 is 2.52 bits per heavy atom. The summed E-state index contributed by atoms with van der Waals surface area (Å²) in [5.41, 5.74) is 1.05. The van der Waals surface area contributed by atoms with Gasteiger partial charge in [-0.3, -0.25) is 4.79 Å². The Balaban J connectivity index is 1.43. The van der Waals surface area contributed by atoms with Gasteiger partial charge in [-0.2, -0.15) is 0 Å². The van der Waals surface area contributed by atoms with E-state index in [9.17, 15) is 9.59 Å². The second-order valence-corrected chi connectivity index (χ2v) is 6.23. The number of anilines is 1. The van der Waals surface area contributed by atoms with Gasteiger partial charge in [0.15, 0.2) is 0 Å². The predicted octanol–water partition coefficient (Wildman–Crippen LogP) is 2.79. The zero-order chi connectivity index (χ0) is 19.1. The molecule has 1 saturated carbocycles. The Bertz CT molecular complexity index is 788. The summed E-state index contributed by atoms with van der Waals surface area (Å²) in [6, 6.07) is 14.1. The van der Waals surface area contributed by atoms with Crippen LogP contribution in [0.2, 0.25) is 0 Å². The van der Waals surface area contributed by atoms with Crippen molar-refractivity contribution >= 4 is 17.6 Å². The Kier molecular flexibility index (Phi) is 6.14. The minimum Gasteiger partial charge on any atom is -0.497 e. The van der Waals surface area contributed by atoms with Crippen molar-refractivity contribution in [3.05, 3.63) is 54.1 Å². The highest BCUT2D eigenvalue weighted by Gasteiger charge is 2.23. The molecule has 0 saturated heterocycles. The van der Waals surface area contributed by atoms with Gasteiger partial charge in [0.25, 0.3) is 5.91 Å². The first-order valence-corrected chi connectivity index (χ1v) is 8.86. The molecule has 1 aliphatic carbocycles. The number of benzene rings is 2. The zero-order valence-corrected chi connectivity index (χ0v) is 15.2. The fourth-order valence-electron chi connectivity index (χ4n) is 2.43. The highest BCUT2D eigenvalue weighted by atomic mass is 16.5. The molecule has 0 aliphatic heterocycles. The van der Waals surface area contributed by atoms with Crippen LogP contribution in [-0.4, -0.2) is 38.2 Å². The van der Waals surface area contributed by atoms with E-state index in [1.165, 1.54) is 0 Å². The zero-order valence-electron chi connectivity index (χ0n) is 15.2. The molecule has 1 fully saturated rings. The molecule has 0 unspecified atom stereocenters. The number of amides is 3. The molecule has 3 rings (SSSR count). The van der Waals surface area contributed by atoms with E-state index in [4.69, 9.17) is 9.47 Å². The standard InChI is InChI=1S/C20H23N3O4/c1-26-17-7-9-18(10-8-17)27-12-11-21-19(24)14-3-2-4-16(13-14)23-20(25)22-15-5-6-15/h2-4,7-10,13,15H,5-6,11-12H2,1H3,(H,21,24)(H2,22,23,25). The third-order valence-corrected chi connectivity index (χ3v) is 4.01. The van der Waals surface area contributed by atoms with Crippen molar-refractivity contribution in [2.75, 3.05) is 25.6 Å². The van der Waals surface area contributed by atoms with Gasteiger partial charge >= 0.3 is 6.03 Å². The monoisotopic (exact) mass is 369 g/mol. The summed E-state index contributed by atoms with van der Waals surface area (Å²) >= 11 is 0. The fourth-order valence-corrected chi connectivity index (χ4v) is 2.43. The SMILES string of the molecule is COc1ccc(OCCNC(=O)c2cccc(NC(=O)NC3CC3)c2)cc1. The molecular formula is C20H23N3O4. The number of carbonyl (C=O) groups is 2. The van der Waals surface area contributed by atoms with Crippen molar-refractivity contribution in [1.29, 1.82) is 0 Å². The molecule has 0 spiro atoms. The second kappa shape index (κ2) is 8.93. The Morgan fingerprint density at radius 1 is 1.07 bits per heavy atom. The average Bonchev–Trinajstić information content (AvgIpc) is 3.49. The Morgan fingerprint density at radius 2 is 1.81 bits per heavy atom. The number of rotatable bonds is 8. The van der Waals surface area contributed by atoms with E-state index in [1.807, 2.05) is 24.3 Å². The van der Waals surface area contributed by atoms with Crippen LogP contribution in [0.4, 0.5) is 10.5 Å². The van der Waals surface area contributed by atoms with Crippen LogP contribution in [0, 0.1) is 0 Å². The van der Waals surface area contributed by atoms with E-state index in [2.05, 4.69) is 16.0 Å². The van der Waals surface area contributed by atoms with Crippen LogP contribution in [-0.2, 0) is 0 Å². The van der Waals surface area contributed by atoms with Gasteiger partial charge in [0.2, 0.25) is 0 Å². The molecule has 0 atom stereocenters. The van der Waals surface area contributed by atoms with Gasteiger partial charge in [-0.05, 0) is 55.3 Å². The molecule has 7 nitrogen and oxygen atoms in total. The van der Waals surface area contributed by atoms with E-state index in [1.54, 1.807) is 31.4 Å². The van der Waals surface area contributed by atoms with Crippen molar-refractivity contribution in [2.24, 2.45) is 0 Å². The second-order valence-electron chi connectivity index (χ2n) is 6.23. The average molecular weight is 369 g/mol. The topological polar surface area (TPSA) is 88.7 Å². The summed E-state index contributed by atoms with van der Waals surface area (Å²) in [5, 5.41) is 8.38. The molecular weight excluding hydrogens is 346 g/mol. The minimum atomic E-state index is -0.247. The summed E-state index contributed by atoms with van der Waals surface area (Å²) in [6.07, 6.45) is 2.04. The summed E-state index contributed by atoms with van der Waals surface area (Å²) in [7, 11) is 1.61. The molecule has 2 aromatic rings. The van der Waals surface area contributed by atoms with Gasteiger partial charge in [0, 0.05) is 17.3 Å². The Labute approximate surface area is 158 Å². The van der Waals surface area contributed by atoms with Crippen LogP contribution in [0.1, 0.15) is 23.2 Å². The number of hydrogen-bond donors (Lipinski definition) is 3. The summed E-state index contributed by atoms with van der Waals surface area (Å²) in [5.74, 6) is 1.24. The maximum Gasteiger partial charge on any atom is 0.319 e. The first-order chi connectivity index (χ1) is 13.1. The van der Waals surface area contributed by atoms with Gasteiger partial charge in [0.1, 0.15) is 18.1 Å². The third-order valence-electron chi connectivity index (χ3n) is 4.01. The predicted molar refractivity (Wildman–Crippen MR) is 102 cm³/mol. The molecule has 142 valence electrons. The van der Waals surface area contributed by atoms with Crippen molar-refractivity contribution in [3.8, 4) is 11.5 Å². The number of ether oxygens (including phenoxy) is 2. The number of urea groups is 1. The largest absolute Gasteiger partial charge is 0.497 e. The molecule has 1 aliphatic rings. The lowest BCUT2D eigenvalue weighted by Gasteiger charge is -2.10. The molecule has 27 heavy (non-hydrogen) atoms. The Hall–Kier alpha value is -3.22. The van der Waals surface area contributed by atoms with Crippen molar-refractivity contribution in [3.63, 3.8) is 0 Å². The lowest BCUT2D eigenvalue weighted by Crippen LogP contribution is -2.31. The molecule has 3 amide bonds. The van der Waals surface area contributed by atoms with Crippen molar-refractivity contribution in [2.45, 2.75) is 18.9 Å². The van der Waals surface area contributed by atoms with Crippen LogP contribution >= 0.6 is 0 Å². The lowest BCUT2D eigenvalue weighted by atomic mass is 10.2. The summed E-state index contributed by atoms with van der Waals surface area (Å²) < 4.78 is 10.7. The number of carbonyl (C=O) groups excluding carboxylic acids is 2. The number of nitrogens with one attached hydrogen (secondary N) is 3. The van der Waals surface area contributed by atoms with E-state index in [0.29, 0.717) is 30.2 Å². The van der Waals surface area contributed by atoms with E-state index < -0.39 is 0 Å². The van der Waals surface area contributed by atoms with Crippen LogP contribution in [0.5, 0.6) is 11.5 Å². The highest BCUT2D eigenvalue weighted by Crippen LogP contribution is 2.19. The summed E-state index contributed by atoms with van der Waals surface area (Å²) in [6.45, 7) is 0.713. The molecule has 0 heterocycles. The van der Waals surface area contributed by atoms with Gasteiger partial charge in [-0.25, -0.2) is 4.79 Å². The highest BCUT2D eigenvalue weighted by molar-refractivity contribution is 5.96. The molecule has 2 aromatic carbocycles. The van der Waals surface area contributed by atoms with Crippen LogP contribution in [0.3, 0.4) is 0 Å². The minimum absolute atomic E-state index is 0.223. The summed E-state index contributed by atoms with van der Waals surface area (Å²) in [4.78, 5) is 24.0. The molecule has 0 aromatic heterocycles. The first kappa shape index (κ1) is 18.6. The van der Waals surface area contributed by atoms with Crippen LogP contribution in [0.15, 0.2) is 48.5 Å². The smallest absolute Gasteiger partial charge is 0.319 e. The molecule has 0 bridgehead atoms. The van der Waals surface area contributed by atoms with Crippen molar-refractivity contribution in [1.82, 2.24) is 10.6 Å². The number of hydrogen-bond acceptors (Lipinski definition) is 4. The number of methoxy groups -OCH3 is 1. The van der Waals surface area contributed by atoms with E-state index >= 15 is 0 Å². The van der Waals surface area contributed by atoms with Gasteiger partial charge < -0.3 is 25.4 Å². The lowest BCUT2D eigenvalue weighted by molar-refractivity contribution is 0.0947. The molecule has 3 N–H and O–H groups in total. The van der Waals surface area contributed by atoms with Crippen LogP contribution in [0.25, 0.3) is 0 Å². The van der Waals surface area contributed by atoms with E-state index in [-0.39, 0.29) is 18.0 Å². The molecule has 0 radical (unpaired) electrons. The quantitative estimate of drug-likeness (QED) is 0.624. The van der Waals surface area contributed by atoms with Gasteiger partial charge in [-0.15, -0.1) is 0 Å². The third kappa shape index (κ3) is 5.91. The maximum atomic E-state index is 12.3. The first-order valence-electron chi connectivity index (χ1n) is 8.86. The normalized spacial score (nSPS) is 12.8. The van der Waals surface area contributed by atoms with Crippen LogP contribution < -0.4 is 25.4 Å². The van der Waals surface area contributed by atoms with E-state index in [0.717, 1.165) is 18.6 Å².